The van der Waals surface area contributed by atoms with Crippen LogP contribution in [0.5, 0.6) is 5.88 Å². The van der Waals surface area contributed by atoms with Gasteiger partial charge in [0, 0.05) is 12.0 Å². The average Bonchev–Trinajstić information content (AvgIpc) is 2.87. The molecule has 0 bridgehead atoms. The molecule has 0 radical (unpaired) electrons. The first kappa shape index (κ1) is 12.5. The van der Waals surface area contributed by atoms with E-state index < -0.39 is 0 Å². The number of rotatable bonds is 2. The van der Waals surface area contributed by atoms with Gasteiger partial charge in [-0.2, -0.15) is 5.26 Å². The van der Waals surface area contributed by atoms with Crippen LogP contribution in [0, 0.1) is 18.3 Å². The highest BCUT2D eigenvalue weighted by Crippen LogP contribution is 2.28. The molecule has 0 spiro atoms. The van der Waals surface area contributed by atoms with Crippen LogP contribution in [0.4, 0.5) is 0 Å². The van der Waals surface area contributed by atoms with Gasteiger partial charge in [0.25, 0.3) is 5.56 Å². The fraction of sp³-hybridized carbons (Fsp3) is 0.250. The van der Waals surface area contributed by atoms with Crippen molar-refractivity contribution in [1.82, 2.24) is 4.98 Å². The Balaban J connectivity index is 2.13. The van der Waals surface area contributed by atoms with E-state index >= 15 is 0 Å². The molecule has 1 aliphatic rings. The third-order valence-corrected chi connectivity index (χ3v) is 3.57. The monoisotopic (exact) mass is 266 g/mol. The second kappa shape index (κ2) is 4.86. The maximum Gasteiger partial charge on any atom is 0.268 e. The number of aryl methyl sites for hydroxylation is 1. The predicted molar refractivity (Wildman–Crippen MR) is 75.0 cm³/mol. The van der Waals surface area contributed by atoms with Crippen molar-refractivity contribution in [3.05, 3.63) is 62.4 Å². The summed E-state index contributed by atoms with van der Waals surface area (Å²) >= 11 is 0. The van der Waals surface area contributed by atoms with Crippen molar-refractivity contribution in [3.63, 3.8) is 0 Å². The third-order valence-electron chi connectivity index (χ3n) is 3.57. The SMILES string of the molecule is Cc1cccc(Cc2c3c([nH]c(=O)c2C#N)OCC3)c1. The van der Waals surface area contributed by atoms with Crippen LogP contribution < -0.4 is 10.3 Å². The number of fused-ring (bicyclic) bond motifs is 1. The summed E-state index contributed by atoms with van der Waals surface area (Å²) < 4.78 is 5.42. The number of nitrogens with zero attached hydrogens (tertiary/aromatic N) is 1. The Morgan fingerprint density at radius 2 is 2.30 bits per heavy atom. The Hall–Kier alpha value is -2.54. The molecule has 4 nitrogen and oxygen atoms in total. The number of hydrogen-bond donors (Lipinski definition) is 1. The van der Waals surface area contributed by atoms with Gasteiger partial charge in [0.05, 0.1) is 6.61 Å². The highest BCUT2D eigenvalue weighted by Gasteiger charge is 2.22. The number of benzene rings is 1. The summed E-state index contributed by atoms with van der Waals surface area (Å²) in [5.41, 5.74) is 3.86. The first-order chi connectivity index (χ1) is 9.69. The fourth-order valence-electron chi connectivity index (χ4n) is 2.65. The summed E-state index contributed by atoms with van der Waals surface area (Å²) in [6.45, 7) is 2.58. The summed E-state index contributed by atoms with van der Waals surface area (Å²) in [7, 11) is 0. The fourth-order valence-corrected chi connectivity index (χ4v) is 2.65. The van der Waals surface area contributed by atoms with Gasteiger partial charge in [-0.25, -0.2) is 0 Å². The molecule has 1 aromatic carbocycles. The Kier molecular flexibility index (Phi) is 3.03. The highest BCUT2D eigenvalue weighted by molar-refractivity contribution is 5.49. The molecule has 0 saturated heterocycles. The lowest BCUT2D eigenvalue weighted by Gasteiger charge is -2.09. The maximum atomic E-state index is 11.9. The van der Waals surface area contributed by atoms with E-state index in [0.717, 1.165) is 23.1 Å². The molecule has 2 heterocycles. The second-order valence-electron chi connectivity index (χ2n) is 4.99. The molecule has 2 aromatic rings. The maximum absolute atomic E-state index is 11.9. The molecule has 1 N–H and O–H groups in total. The Labute approximate surface area is 116 Å². The van der Waals surface area contributed by atoms with Crippen LogP contribution in [0.1, 0.15) is 27.8 Å². The summed E-state index contributed by atoms with van der Waals surface area (Å²) in [5.74, 6) is 0.525. The lowest BCUT2D eigenvalue weighted by Crippen LogP contribution is -2.15. The molecule has 1 aliphatic heterocycles. The molecule has 0 fully saturated rings. The Bertz CT molecular complexity index is 769. The Morgan fingerprint density at radius 3 is 3.05 bits per heavy atom. The van der Waals surface area contributed by atoms with Gasteiger partial charge in [-0.05, 0) is 24.5 Å². The first-order valence-electron chi connectivity index (χ1n) is 6.55. The molecule has 100 valence electrons. The molecule has 20 heavy (non-hydrogen) atoms. The van der Waals surface area contributed by atoms with Crippen molar-refractivity contribution in [2.24, 2.45) is 0 Å². The number of H-pyrrole nitrogens is 1. The van der Waals surface area contributed by atoms with Crippen molar-refractivity contribution >= 4 is 0 Å². The standard InChI is InChI=1S/C16H14N2O2/c1-10-3-2-4-11(7-10)8-13-12-5-6-20-16(12)18-15(19)14(13)9-17/h2-4,7H,5-6,8H2,1H3,(H,18,19). The normalized spacial score (nSPS) is 12.6. The number of hydrogen-bond acceptors (Lipinski definition) is 3. The minimum atomic E-state index is -0.365. The molecule has 0 unspecified atom stereocenters. The van der Waals surface area contributed by atoms with Gasteiger partial charge in [0.1, 0.15) is 11.6 Å². The number of aromatic nitrogens is 1. The van der Waals surface area contributed by atoms with Crippen molar-refractivity contribution in [2.75, 3.05) is 6.61 Å². The first-order valence-corrected chi connectivity index (χ1v) is 6.55. The summed E-state index contributed by atoms with van der Waals surface area (Å²) in [4.78, 5) is 14.6. The van der Waals surface area contributed by atoms with Crippen LogP contribution in [0.3, 0.4) is 0 Å². The van der Waals surface area contributed by atoms with Gasteiger partial charge < -0.3 is 4.74 Å². The van der Waals surface area contributed by atoms with E-state index in [1.165, 1.54) is 5.56 Å². The van der Waals surface area contributed by atoms with E-state index in [1.54, 1.807) is 0 Å². The number of aromatic amines is 1. The lowest BCUT2D eigenvalue weighted by molar-refractivity contribution is 0.344. The van der Waals surface area contributed by atoms with Crippen LogP contribution in [0.2, 0.25) is 0 Å². The van der Waals surface area contributed by atoms with E-state index in [9.17, 15) is 10.1 Å². The van der Waals surface area contributed by atoms with Crippen LogP contribution >= 0.6 is 0 Å². The van der Waals surface area contributed by atoms with E-state index in [4.69, 9.17) is 4.74 Å². The van der Waals surface area contributed by atoms with Crippen LogP contribution in [-0.4, -0.2) is 11.6 Å². The largest absolute Gasteiger partial charge is 0.478 e. The second-order valence-corrected chi connectivity index (χ2v) is 4.99. The smallest absolute Gasteiger partial charge is 0.268 e. The molecule has 0 atom stereocenters. The van der Waals surface area contributed by atoms with Crippen LogP contribution in [0.15, 0.2) is 29.1 Å². The van der Waals surface area contributed by atoms with E-state index in [-0.39, 0.29) is 11.1 Å². The Morgan fingerprint density at radius 1 is 1.45 bits per heavy atom. The van der Waals surface area contributed by atoms with Gasteiger partial charge in [0.2, 0.25) is 0 Å². The molecule has 3 rings (SSSR count). The van der Waals surface area contributed by atoms with E-state index in [0.29, 0.717) is 18.9 Å². The van der Waals surface area contributed by atoms with Crippen LogP contribution in [0.25, 0.3) is 0 Å². The molecule has 4 heteroatoms. The van der Waals surface area contributed by atoms with E-state index in [2.05, 4.69) is 11.1 Å². The number of pyridine rings is 1. The minimum absolute atomic E-state index is 0.204. The molecule has 0 aliphatic carbocycles. The predicted octanol–water partition coefficient (Wildman–Crippen LogP) is 2.08. The topological polar surface area (TPSA) is 65.9 Å². The minimum Gasteiger partial charge on any atom is -0.478 e. The van der Waals surface area contributed by atoms with Crippen molar-refractivity contribution in [3.8, 4) is 11.9 Å². The summed E-state index contributed by atoms with van der Waals surface area (Å²) in [6, 6.07) is 10.1. The molecular formula is C16H14N2O2. The number of ether oxygens (including phenoxy) is 1. The van der Waals surface area contributed by atoms with Gasteiger partial charge in [-0.3, -0.25) is 9.78 Å². The average molecular weight is 266 g/mol. The molecule has 1 aromatic heterocycles. The summed E-state index contributed by atoms with van der Waals surface area (Å²) in [5, 5.41) is 9.25. The zero-order valence-corrected chi connectivity index (χ0v) is 11.2. The van der Waals surface area contributed by atoms with Crippen LogP contribution in [-0.2, 0) is 12.8 Å². The zero-order valence-electron chi connectivity index (χ0n) is 11.2. The third kappa shape index (κ3) is 2.08. The molecule has 0 amide bonds. The van der Waals surface area contributed by atoms with Crippen molar-refractivity contribution in [2.45, 2.75) is 19.8 Å². The number of nitriles is 1. The van der Waals surface area contributed by atoms with Crippen molar-refractivity contribution < 1.29 is 4.74 Å². The zero-order chi connectivity index (χ0) is 14.1. The molecule has 0 saturated carbocycles. The van der Waals surface area contributed by atoms with E-state index in [1.807, 2.05) is 31.2 Å². The number of nitrogens with one attached hydrogen (secondary N) is 1. The van der Waals surface area contributed by atoms with Gasteiger partial charge in [-0.1, -0.05) is 29.8 Å². The quantitative estimate of drug-likeness (QED) is 0.905. The lowest BCUT2D eigenvalue weighted by atomic mass is 9.95. The van der Waals surface area contributed by atoms with Gasteiger partial charge in [-0.15, -0.1) is 0 Å². The highest BCUT2D eigenvalue weighted by atomic mass is 16.5. The van der Waals surface area contributed by atoms with Gasteiger partial charge in [0.15, 0.2) is 5.88 Å². The summed E-state index contributed by atoms with van der Waals surface area (Å²) in [6.07, 6.45) is 1.32. The van der Waals surface area contributed by atoms with Crippen molar-refractivity contribution in [1.29, 1.82) is 5.26 Å². The molecular weight excluding hydrogens is 252 g/mol. The van der Waals surface area contributed by atoms with Gasteiger partial charge >= 0.3 is 0 Å².